The highest BCUT2D eigenvalue weighted by atomic mass is 35.5. The van der Waals surface area contributed by atoms with Crippen LogP contribution in [0.15, 0.2) is 53.5 Å². The maximum atomic E-state index is 13.6. The molecule has 0 aliphatic carbocycles. The number of carbonyl (C=O) groups excluding carboxylic acids is 5. The van der Waals surface area contributed by atoms with Crippen molar-refractivity contribution in [3.63, 3.8) is 0 Å². The van der Waals surface area contributed by atoms with Crippen molar-refractivity contribution in [2.24, 2.45) is 7.05 Å². The van der Waals surface area contributed by atoms with Crippen molar-refractivity contribution in [3.8, 4) is 5.75 Å². The summed E-state index contributed by atoms with van der Waals surface area (Å²) < 4.78 is 6.97. The largest absolute Gasteiger partial charge is 0.478 e. The number of anilines is 4. The zero-order valence-electron chi connectivity index (χ0n) is 32.7. The Kier molecular flexibility index (Phi) is 11.2. The van der Waals surface area contributed by atoms with E-state index >= 15 is 0 Å². The molecule has 1 unspecified atom stereocenters. The summed E-state index contributed by atoms with van der Waals surface area (Å²) in [5, 5.41) is 9.09. The molecule has 6 heterocycles. The molecular formula is C40H44ClN11O7. The van der Waals surface area contributed by atoms with Crippen LogP contribution in [0.5, 0.6) is 5.75 Å². The van der Waals surface area contributed by atoms with E-state index in [9.17, 15) is 28.8 Å². The third-order valence-electron chi connectivity index (χ3n) is 11.4. The summed E-state index contributed by atoms with van der Waals surface area (Å²) in [5.41, 5.74) is 2.34. The van der Waals surface area contributed by atoms with Crippen LogP contribution < -0.4 is 36.0 Å². The lowest BCUT2D eigenvalue weighted by molar-refractivity contribution is -0.136. The van der Waals surface area contributed by atoms with Gasteiger partial charge in [-0.15, -0.1) is 0 Å². The zero-order chi connectivity index (χ0) is 41.4. The van der Waals surface area contributed by atoms with Crippen molar-refractivity contribution in [1.82, 2.24) is 39.9 Å². The van der Waals surface area contributed by atoms with Gasteiger partial charge in [-0.1, -0.05) is 17.7 Å². The molecule has 5 amide bonds. The number of hydrogen-bond donors (Lipinski definition) is 3. The minimum Gasteiger partial charge on any atom is -0.478 e. The molecule has 2 aromatic carbocycles. The monoisotopic (exact) mass is 825 g/mol. The third kappa shape index (κ3) is 8.02. The molecule has 3 N–H and O–H groups in total. The number of pyridine rings is 1. The summed E-state index contributed by atoms with van der Waals surface area (Å²) in [5.74, 6) is -1.28. The molecule has 19 heteroatoms. The number of imide groups is 2. The molecule has 3 saturated heterocycles. The lowest BCUT2D eigenvalue weighted by Gasteiger charge is -2.39. The molecule has 308 valence electrons. The van der Waals surface area contributed by atoms with Crippen LogP contribution in [0.1, 0.15) is 33.6 Å². The normalized spacial score (nSPS) is 19.0. The fourth-order valence-electron chi connectivity index (χ4n) is 8.01. The number of amides is 5. The lowest BCUT2D eigenvalue weighted by Crippen LogP contribution is -2.54. The standard InChI is InChI=1S/C40H44ClN11O7/c1-42-33(54)23-59-31-21-24-20-25(6-7-28(24)47(2)38(31)57)44-35-27(41)22-43-40(46-35)51-18-14-49(15-19-51)11-10-48-12-16-50(17-13-48)29-5-3-4-26-34(29)39(58)52(37(26)56)30-8-9-32(53)45-36(30)55/h3-7,20-22,30H,8-19,23H2,1-2H3,(H,42,54)(H,43,44,46)(H,45,53,55). The molecule has 0 saturated carbocycles. The summed E-state index contributed by atoms with van der Waals surface area (Å²) in [7, 11) is 3.15. The first-order valence-electron chi connectivity index (χ1n) is 19.5. The van der Waals surface area contributed by atoms with Gasteiger partial charge in [0.1, 0.15) is 11.1 Å². The maximum Gasteiger partial charge on any atom is 0.293 e. The molecular weight excluding hydrogens is 782 g/mol. The Hall–Kier alpha value is -6.11. The van der Waals surface area contributed by atoms with E-state index in [1.807, 2.05) is 24.3 Å². The minimum absolute atomic E-state index is 0.0665. The summed E-state index contributed by atoms with van der Waals surface area (Å²) in [6.07, 6.45) is 1.78. The van der Waals surface area contributed by atoms with Crippen LogP contribution in [0.2, 0.25) is 5.02 Å². The van der Waals surface area contributed by atoms with Gasteiger partial charge in [-0.25, -0.2) is 4.98 Å². The number of fused-ring (bicyclic) bond motifs is 2. The van der Waals surface area contributed by atoms with Crippen LogP contribution >= 0.6 is 11.6 Å². The van der Waals surface area contributed by atoms with Gasteiger partial charge in [0, 0.05) is 97.0 Å². The highest BCUT2D eigenvalue weighted by Gasteiger charge is 2.46. The second-order valence-electron chi connectivity index (χ2n) is 14.9. The molecule has 0 bridgehead atoms. The molecule has 8 rings (SSSR count). The van der Waals surface area contributed by atoms with Crippen molar-refractivity contribution in [1.29, 1.82) is 0 Å². The van der Waals surface area contributed by atoms with Gasteiger partial charge in [-0.2, -0.15) is 4.98 Å². The summed E-state index contributed by atoms with van der Waals surface area (Å²) in [4.78, 5) is 95.1. The van der Waals surface area contributed by atoms with Gasteiger partial charge < -0.3 is 29.7 Å². The quantitative estimate of drug-likeness (QED) is 0.183. The number of piperazine rings is 2. The molecule has 0 radical (unpaired) electrons. The molecule has 0 spiro atoms. The predicted octanol–water partition coefficient (Wildman–Crippen LogP) is 1.20. The van der Waals surface area contributed by atoms with E-state index in [1.54, 1.807) is 31.4 Å². The van der Waals surface area contributed by atoms with E-state index in [-0.39, 0.29) is 42.2 Å². The number of piperidine rings is 1. The van der Waals surface area contributed by atoms with Gasteiger partial charge in [-0.3, -0.25) is 48.8 Å². The molecule has 1 atom stereocenters. The number of halogens is 1. The molecule has 2 aromatic heterocycles. The average Bonchev–Trinajstić information content (AvgIpc) is 3.50. The zero-order valence-corrected chi connectivity index (χ0v) is 33.5. The number of rotatable bonds is 11. The van der Waals surface area contributed by atoms with Crippen LogP contribution in [-0.2, 0) is 21.4 Å². The smallest absolute Gasteiger partial charge is 0.293 e. The fourth-order valence-corrected chi connectivity index (χ4v) is 8.15. The first-order chi connectivity index (χ1) is 28.5. The molecule has 3 fully saturated rings. The Morgan fingerprint density at radius 3 is 2.32 bits per heavy atom. The second-order valence-corrected chi connectivity index (χ2v) is 15.3. The van der Waals surface area contributed by atoms with Gasteiger partial charge in [0.2, 0.25) is 17.8 Å². The van der Waals surface area contributed by atoms with Crippen LogP contribution in [0, 0.1) is 0 Å². The van der Waals surface area contributed by atoms with Crippen LogP contribution in [0.25, 0.3) is 10.9 Å². The van der Waals surface area contributed by atoms with Gasteiger partial charge >= 0.3 is 0 Å². The van der Waals surface area contributed by atoms with Gasteiger partial charge in [0.15, 0.2) is 18.2 Å². The minimum atomic E-state index is -0.998. The lowest BCUT2D eigenvalue weighted by atomic mass is 10.0. The van der Waals surface area contributed by atoms with E-state index in [1.165, 1.54) is 11.6 Å². The fraction of sp³-hybridized carbons (Fsp3) is 0.400. The Morgan fingerprint density at radius 1 is 0.915 bits per heavy atom. The van der Waals surface area contributed by atoms with Gasteiger partial charge in [0.25, 0.3) is 23.3 Å². The van der Waals surface area contributed by atoms with E-state index in [0.717, 1.165) is 62.6 Å². The predicted molar refractivity (Wildman–Crippen MR) is 219 cm³/mol. The highest BCUT2D eigenvalue weighted by Crippen LogP contribution is 2.35. The topological polar surface area (TPSA) is 195 Å². The summed E-state index contributed by atoms with van der Waals surface area (Å²) in [6, 6.07) is 11.4. The highest BCUT2D eigenvalue weighted by molar-refractivity contribution is 6.33. The average molecular weight is 826 g/mol. The van der Waals surface area contributed by atoms with E-state index in [0.29, 0.717) is 52.3 Å². The summed E-state index contributed by atoms with van der Waals surface area (Å²) >= 11 is 6.54. The third-order valence-corrected chi connectivity index (χ3v) is 11.6. The van der Waals surface area contributed by atoms with Crippen LogP contribution in [0.3, 0.4) is 0 Å². The van der Waals surface area contributed by atoms with E-state index < -0.39 is 29.7 Å². The first kappa shape index (κ1) is 39.7. The molecule has 18 nitrogen and oxygen atoms in total. The molecule has 4 aliphatic rings. The number of nitrogens with zero attached hydrogens (tertiary/aromatic N) is 8. The number of carbonyl (C=O) groups is 5. The number of hydrogen-bond acceptors (Lipinski definition) is 14. The number of aryl methyl sites for hydroxylation is 1. The van der Waals surface area contributed by atoms with Crippen LogP contribution in [-0.4, -0.2) is 144 Å². The van der Waals surface area contributed by atoms with Gasteiger partial charge in [-0.05, 0) is 42.8 Å². The Balaban J connectivity index is 0.833. The van der Waals surface area contributed by atoms with Crippen molar-refractivity contribution in [3.05, 3.63) is 75.2 Å². The number of likely N-dealkylation sites (N-methyl/N-ethyl adjacent to an activating group) is 1. The first-order valence-corrected chi connectivity index (χ1v) is 19.9. The summed E-state index contributed by atoms with van der Waals surface area (Å²) in [6.45, 7) is 7.58. The number of nitrogens with one attached hydrogen (secondary N) is 3. The van der Waals surface area contributed by atoms with Crippen molar-refractivity contribution >= 4 is 75.2 Å². The molecule has 4 aromatic rings. The van der Waals surface area contributed by atoms with Crippen molar-refractivity contribution in [2.45, 2.75) is 18.9 Å². The Bertz CT molecular complexity index is 2410. The maximum absolute atomic E-state index is 13.6. The molecule has 59 heavy (non-hydrogen) atoms. The SMILES string of the molecule is CNC(=O)COc1cc2cc(Nc3nc(N4CCN(CCN5CCN(c6cccc7c6C(=O)N(C6CCC(=O)NC6=O)C7=O)CC5)CC4)ncc3Cl)ccc2n(C)c1=O. The second kappa shape index (κ2) is 16.6. The number of ether oxygens (including phenoxy) is 1. The number of benzene rings is 2. The Labute approximate surface area is 344 Å². The van der Waals surface area contributed by atoms with Crippen molar-refractivity contribution < 1.29 is 28.7 Å². The van der Waals surface area contributed by atoms with Crippen molar-refractivity contribution in [2.75, 3.05) is 94.2 Å². The van der Waals surface area contributed by atoms with E-state index in [4.69, 9.17) is 21.3 Å². The van der Waals surface area contributed by atoms with Crippen LogP contribution in [0.4, 0.5) is 23.1 Å². The Morgan fingerprint density at radius 2 is 1.63 bits per heavy atom. The van der Waals surface area contributed by atoms with E-state index in [2.05, 4.69) is 40.5 Å². The number of aromatic nitrogens is 3. The van der Waals surface area contributed by atoms with Gasteiger partial charge in [0.05, 0.1) is 28.5 Å². The molecule has 4 aliphatic heterocycles.